The molecule has 2 aromatic heterocycles. The summed E-state index contributed by atoms with van der Waals surface area (Å²) in [5.74, 6) is 11.4. The Kier molecular flexibility index (Phi) is 12.3. The third-order valence-corrected chi connectivity index (χ3v) is 7.77. The van der Waals surface area contributed by atoms with E-state index in [1.165, 1.54) is 0 Å². The zero-order chi connectivity index (χ0) is 28.8. The van der Waals surface area contributed by atoms with Crippen molar-refractivity contribution >= 4 is 24.7 Å². The average molecular weight is 567 g/mol. The topological polar surface area (TPSA) is 157 Å². The van der Waals surface area contributed by atoms with Crippen molar-refractivity contribution in [3.05, 3.63) is 22.1 Å². The van der Waals surface area contributed by atoms with Crippen molar-refractivity contribution in [3.63, 3.8) is 0 Å². The number of anilines is 1. The number of nitrogens with one attached hydrogen (secondary N) is 2. The number of rotatable bonds is 15. The van der Waals surface area contributed by atoms with Gasteiger partial charge in [-0.2, -0.15) is 10.2 Å². The highest BCUT2D eigenvalue weighted by Crippen LogP contribution is 2.44. The van der Waals surface area contributed by atoms with Gasteiger partial charge in [0.15, 0.2) is 5.65 Å². The van der Waals surface area contributed by atoms with E-state index < -0.39 is 14.0 Å². The number of nitrogens with two attached hydrogens (primary N) is 1. The molecule has 0 aliphatic carbocycles. The maximum Gasteiger partial charge on any atom is 0.405 e. The van der Waals surface area contributed by atoms with Crippen molar-refractivity contribution in [2.45, 2.75) is 76.5 Å². The van der Waals surface area contributed by atoms with E-state index in [9.17, 15) is 9.36 Å². The SMILES string of the molecule is C#CCCCCC#Cc1cn([C@H]2CCC(CNP(=O)(OCCC#N)OCCCCC#C)O2)c2nc(N)[nH]c(=O)c12. The van der Waals surface area contributed by atoms with Gasteiger partial charge in [-0.05, 0) is 38.5 Å². The van der Waals surface area contributed by atoms with Crippen LogP contribution in [0.3, 0.4) is 0 Å². The predicted octanol–water partition coefficient (Wildman–Crippen LogP) is 3.98. The molecular formula is C28H35N6O5P. The van der Waals surface area contributed by atoms with Gasteiger partial charge in [0.25, 0.3) is 5.56 Å². The lowest BCUT2D eigenvalue weighted by Gasteiger charge is -2.21. The van der Waals surface area contributed by atoms with Crippen molar-refractivity contribution in [2.24, 2.45) is 0 Å². The molecule has 0 saturated carbocycles. The monoisotopic (exact) mass is 566 g/mol. The van der Waals surface area contributed by atoms with Crippen molar-refractivity contribution in [2.75, 3.05) is 25.5 Å². The number of H-pyrrole nitrogens is 1. The van der Waals surface area contributed by atoms with Gasteiger partial charge in [-0.25, -0.2) is 9.65 Å². The lowest BCUT2D eigenvalue weighted by Crippen LogP contribution is -2.27. The molecule has 3 heterocycles. The van der Waals surface area contributed by atoms with E-state index >= 15 is 0 Å². The first-order chi connectivity index (χ1) is 19.4. The van der Waals surface area contributed by atoms with Gasteiger partial charge in [-0.15, -0.1) is 24.7 Å². The molecule has 1 fully saturated rings. The molecule has 1 aliphatic heterocycles. The van der Waals surface area contributed by atoms with Crippen LogP contribution in [0.25, 0.3) is 11.0 Å². The van der Waals surface area contributed by atoms with Gasteiger partial charge >= 0.3 is 7.75 Å². The van der Waals surface area contributed by atoms with E-state index in [0.29, 0.717) is 55.1 Å². The number of ether oxygens (including phenoxy) is 1. The molecule has 2 unspecified atom stereocenters. The number of aromatic amines is 1. The molecule has 12 heteroatoms. The van der Waals surface area contributed by atoms with Gasteiger partial charge in [0, 0.05) is 32.0 Å². The van der Waals surface area contributed by atoms with Crippen molar-refractivity contribution < 1.29 is 18.3 Å². The molecular weight excluding hydrogens is 531 g/mol. The fourth-order valence-corrected chi connectivity index (χ4v) is 5.58. The standard InChI is InChI=1S/C28H35N6O5P/c1-3-5-7-9-10-11-14-22-21-34(26-25(22)27(35)33-28(30)32-26)24-16-15-23(39-24)20-31-40(36,38-19-13-17-29)37-18-12-8-6-4-2/h1-2,21,23-24H,5-10,12-13,15-16,18-20H2,(H,31,36)(H3,30,32,33,35)/t23?,24-,40?/m1/s1. The molecule has 11 nitrogen and oxygen atoms in total. The molecule has 212 valence electrons. The Morgan fingerprint density at radius 2 is 1.88 bits per heavy atom. The summed E-state index contributed by atoms with van der Waals surface area (Å²) < 4.78 is 32.2. The van der Waals surface area contributed by atoms with E-state index in [0.717, 1.165) is 19.3 Å². The van der Waals surface area contributed by atoms with E-state index in [-0.39, 0.29) is 43.8 Å². The normalized spacial score (nSPS) is 17.8. The van der Waals surface area contributed by atoms with Crippen LogP contribution in [0.2, 0.25) is 0 Å². The summed E-state index contributed by atoms with van der Waals surface area (Å²) in [4.78, 5) is 19.6. The molecule has 0 amide bonds. The van der Waals surface area contributed by atoms with Crippen molar-refractivity contribution in [1.82, 2.24) is 19.6 Å². The molecule has 2 aromatic rings. The summed E-state index contributed by atoms with van der Waals surface area (Å²) in [6, 6.07) is 1.96. The first-order valence-corrected chi connectivity index (χ1v) is 14.9. The zero-order valence-electron chi connectivity index (χ0n) is 22.5. The second kappa shape index (κ2) is 15.9. The van der Waals surface area contributed by atoms with E-state index in [1.54, 1.807) is 10.8 Å². The Labute approximate surface area is 234 Å². The summed E-state index contributed by atoms with van der Waals surface area (Å²) in [6.07, 6.45) is 18.0. The number of nitriles is 1. The molecule has 3 rings (SSSR count). The number of terminal acetylenes is 2. The second-order valence-corrected chi connectivity index (χ2v) is 11.0. The largest absolute Gasteiger partial charge is 0.405 e. The Bertz CT molecular complexity index is 1430. The van der Waals surface area contributed by atoms with Crippen LogP contribution >= 0.6 is 7.75 Å². The number of hydrogen-bond acceptors (Lipinski definition) is 8. The molecule has 4 N–H and O–H groups in total. The summed E-state index contributed by atoms with van der Waals surface area (Å²) in [6.45, 7) is 0.381. The Balaban J connectivity index is 1.69. The number of aromatic nitrogens is 3. The van der Waals surface area contributed by atoms with E-state index in [4.69, 9.17) is 37.6 Å². The minimum atomic E-state index is -3.66. The number of nitrogen functional groups attached to an aromatic ring is 1. The van der Waals surface area contributed by atoms with Crippen LogP contribution < -0.4 is 16.4 Å². The van der Waals surface area contributed by atoms with Crippen molar-refractivity contribution in [1.29, 1.82) is 5.26 Å². The predicted molar refractivity (Wildman–Crippen MR) is 153 cm³/mol. The molecule has 1 saturated heterocycles. The number of unbranched alkanes of at least 4 members (excludes halogenated alkanes) is 5. The van der Waals surface area contributed by atoms with Crippen LogP contribution in [-0.2, 0) is 18.3 Å². The lowest BCUT2D eigenvalue weighted by atomic mass is 10.2. The smallest absolute Gasteiger partial charge is 0.369 e. The summed E-state index contributed by atoms with van der Waals surface area (Å²) in [7, 11) is -3.66. The van der Waals surface area contributed by atoms with Crippen LogP contribution in [0.5, 0.6) is 0 Å². The molecule has 40 heavy (non-hydrogen) atoms. The molecule has 0 bridgehead atoms. The van der Waals surface area contributed by atoms with Gasteiger partial charge in [-0.3, -0.25) is 18.8 Å². The van der Waals surface area contributed by atoms with Crippen LogP contribution in [0, 0.1) is 47.9 Å². The third kappa shape index (κ3) is 9.00. The first kappa shape index (κ1) is 31.0. The molecule has 1 aliphatic rings. The van der Waals surface area contributed by atoms with Crippen LogP contribution in [0.15, 0.2) is 11.0 Å². The van der Waals surface area contributed by atoms with Crippen LogP contribution in [0.4, 0.5) is 5.95 Å². The van der Waals surface area contributed by atoms with E-state index in [1.807, 2.05) is 6.07 Å². The van der Waals surface area contributed by atoms with Gasteiger partial charge in [-0.1, -0.05) is 11.8 Å². The number of nitrogens with zero attached hydrogens (tertiary/aromatic N) is 3. The highest BCUT2D eigenvalue weighted by atomic mass is 31.2. The third-order valence-electron chi connectivity index (χ3n) is 6.16. The van der Waals surface area contributed by atoms with Crippen LogP contribution in [0.1, 0.15) is 76.0 Å². The fourth-order valence-electron chi connectivity index (χ4n) is 4.19. The minimum Gasteiger partial charge on any atom is -0.369 e. The summed E-state index contributed by atoms with van der Waals surface area (Å²) in [5.41, 5.74) is 6.39. The zero-order valence-corrected chi connectivity index (χ0v) is 23.4. The molecule has 0 radical (unpaired) electrons. The Morgan fingerprint density at radius 3 is 2.62 bits per heavy atom. The molecule has 0 spiro atoms. The second-order valence-electron chi connectivity index (χ2n) is 9.20. The van der Waals surface area contributed by atoms with Crippen molar-refractivity contribution in [3.8, 4) is 42.6 Å². The fraction of sp³-hybridized carbons (Fsp3) is 0.536. The van der Waals surface area contributed by atoms with E-state index in [2.05, 4.69) is 38.7 Å². The number of fused-ring (bicyclic) bond motifs is 1. The highest BCUT2D eigenvalue weighted by Gasteiger charge is 2.32. The maximum atomic E-state index is 13.2. The summed E-state index contributed by atoms with van der Waals surface area (Å²) in [5, 5.41) is 12.0. The van der Waals surface area contributed by atoms with Gasteiger partial charge < -0.3 is 15.0 Å². The maximum absolute atomic E-state index is 13.2. The average Bonchev–Trinajstić information content (AvgIpc) is 3.54. The highest BCUT2D eigenvalue weighted by molar-refractivity contribution is 7.51. The van der Waals surface area contributed by atoms with Gasteiger partial charge in [0.1, 0.15) is 6.23 Å². The molecule has 3 atom stereocenters. The number of hydrogen-bond donors (Lipinski definition) is 3. The Hall–Kier alpha value is -3.54. The minimum absolute atomic E-state index is 0.00305. The van der Waals surface area contributed by atoms with Crippen LogP contribution in [-0.4, -0.2) is 40.4 Å². The quantitative estimate of drug-likeness (QED) is 0.165. The lowest BCUT2D eigenvalue weighted by molar-refractivity contribution is 0.00627. The first-order valence-electron chi connectivity index (χ1n) is 13.3. The summed E-state index contributed by atoms with van der Waals surface area (Å²) >= 11 is 0. The van der Waals surface area contributed by atoms with Gasteiger partial charge in [0.05, 0.1) is 42.8 Å². The molecule has 0 aromatic carbocycles. The Morgan fingerprint density at radius 1 is 1.15 bits per heavy atom. The van der Waals surface area contributed by atoms with Gasteiger partial charge in [0.2, 0.25) is 5.95 Å².